The summed E-state index contributed by atoms with van der Waals surface area (Å²) >= 11 is 0. The van der Waals surface area contributed by atoms with Crippen molar-refractivity contribution in [3.05, 3.63) is 35.7 Å². The van der Waals surface area contributed by atoms with Crippen molar-refractivity contribution in [2.75, 3.05) is 0 Å². The molecule has 1 aromatic heterocycles. The molecule has 16 heavy (non-hydrogen) atoms. The fourth-order valence-electron chi connectivity index (χ4n) is 1.28. The van der Waals surface area contributed by atoms with Gasteiger partial charge in [-0.15, -0.1) is 0 Å². The molecule has 0 aliphatic carbocycles. The van der Waals surface area contributed by atoms with Crippen molar-refractivity contribution in [3.8, 4) is 0 Å². The number of rotatable bonds is 5. The Balaban J connectivity index is 2.95. The summed E-state index contributed by atoms with van der Waals surface area (Å²) in [5.41, 5.74) is 2.51. The summed E-state index contributed by atoms with van der Waals surface area (Å²) in [7, 11) is 0. The molecule has 3 heteroatoms. The Labute approximate surface area is 95.9 Å². The van der Waals surface area contributed by atoms with Gasteiger partial charge in [0.05, 0.1) is 5.70 Å². The van der Waals surface area contributed by atoms with E-state index >= 15 is 0 Å². The molecule has 0 atom stereocenters. The number of carbonyl (C=O) groups is 1. The van der Waals surface area contributed by atoms with Crippen molar-refractivity contribution in [1.82, 2.24) is 4.98 Å². The Bertz CT molecular complexity index is 422. The van der Waals surface area contributed by atoms with E-state index in [1.165, 1.54) is 0 Å². The van der Waals surface area contributed by atoms with Crippen molar-refractivity contribution in [3.63, 3.8) is 0 Å². The summed E-state index contributed by atoms with van der Waals surface area (Å²) in [5.74, 6) is 0. The van der Waals surface area contributed by atoms with E-state index in [9.17, 15) is 4.79 Å². The van der Waals surface area contributed by atoms with Gasteiger partial charge in [-0.05, 0) is 25.5 Å². The van der Waals surface area contributed by atoms with Crippen LogP contribution in [0.5, 0.6) is 0 Å². The van der Waals surface area contributed by atoms with Crippen LogP contribution in [0.15, 0.2) is 23.7 Å². The van der Waals surface area contributed by atoms with Crippen molar-refractivity contribution in [2.24, 2.45) is 4.99 Å². The number of aldehydes is 1. The average molecular weight is 216 g/mol. The first-order valence-corrected chi connectivity index (χ1v) is 5.33. The molecule has 0 bridgehead atoms. The zero-order valence-corrected chi connectivity index (χ0v) is 9.73. The van der Waals surface area contributed by atoms with Gasteiger partial charge in [-0.3, -0.25) is 9.79 Å². The van der Waals surface area contributed by atoms with Crippen LogP contribution in [-0.2, 0) is 0 Å². The van der Waals surface area contributed by atoms with Crippen molar-refractivity contribution in [1.29, 1.82) is 0 Å². The molecule has 0 radical (unpaired) electrons. The standard InChI is InChI=1S/C13H16N2O/c1-4-5-8-14-11(3)12-7-6-10(2)15-13(12)9-16/h6-9H,3-5H2,1-2H3. The molecule has 1 rings (SSSR count). The highest BCUT2D eigenvalue weighted by molar-refractivity contribution is 5.84. The number of aryl methyl sites for hydroxylation is 1. The van der Waals surface area contributed by atoms with E-state index in [-0.39, 0.29) is 0 Å². The molecule has 1 aromatic rings. The predicted molar refractivity (Wildman–Crippen MR) is 66.8 cm³/mol. The summed E-state index contributed by atoms with van der Waals surface area (Å²) in [6.45, 7) is 7.77. The Morgan fingerprint density at radius 1 is 1.56 bits per heavy atom. The molecule has 0 saturated carbocycles. The second-order valence-corrected chi connectivity index (χ2v) is 3.55. The summed E-state index contributed by atoms with van der Waals surface area (Å²) < 4.78 is 0. The fraction of sp³-hybridized carbons (Fsp3) is 0.308. The highest BCUT2D eigenvalue weighted by Gasteiger charge is 2.05. The van der Waals surface area contributed by atoms with Gasteiger partial charge in [-0.1, -0.05) is 19.9 Å². The quantitative estimate of drug-likeness (QED) is 0.560. The van der Waals surface area contributed by atoms with Gasteiger partial charge in [-0.2, -0.15) is 0 Å². The van der Waals surface area contributed by atoms with Gasteiger partial charge in [0.2, 0.25) is 0 Å². The summed E-state index contributed by atoms with van der Waals surface area (Å²) in [5, 5.41) is 0. The van der Waals surface area contributed by atoms with Crippen molar-refractivity contribution in [2.45, 2.75) is 26.7 Å². The highest BCUT2D eigenvalue weighted by atomic mass is 16.1. The minimum atomic E-state index is 0.402. The lowest BCUT2D eigenvalue weighted by Crippen LogP contribution is -1.96. The van der Waals surface area contributed by atoms with Gasteiger partial charge in [0.15, 0.2) is 6.29 Å². The molecule has 0 saturated heterocycles. The van der Waals surface area contributed by atoms with E-state index < -0.39 is 0 Å². The molecule has 0 aliphatic heterocycles. The predicted octanol–water partition coefficient (Wildman–Crippen LogP) is 3.04. The molecule has 1 heterocycles. The van der Waals surface area contributed by atoms with Crippen LogP contribution in [0.4, 0.5) is 0 Å². The molecule has 0 amide bonds. The van der Waals surface area contributed by atoms with Crippen LogP contribution < -0.4 is 0 Å². The number of carbonyl (C=O) groups excluding carboxylic acids is 1. The van der Waals surface area contributed by atoms with Gasteiger partial charge in [0.1, 0.15) is 5.69 Å². The van der Waals surface area contributed by atoms with E-state index in [4.69, 9.17) is 0 Å². The Kier molecular flexibility index (Phi) is 4.58. The molecule has 84 valence electrons. The zero-order chi connectivity index (χ0) is 12.0. The second kappa shape index (κ2) is 5.95. The average Bonchev–Trinajstić information content (AvgIpc) is 2.29. The Hall–Kier alpha value is -1.77. The van der Waals surface area contributed by atoms with Gasteiger partial charge >= 0.3 is 0 Å². The first kappa shape index (κ1) is 12.3. The van der Waals surface area contributed by atoms with Crippen LogP contribution in [0.3, 0.4) is 0 Å². The number of nitrogens with zero attached hydrogens (tertiary/aromatic N) is 2. The number of pyridine rings is 1. The van der Waals surface area contributed by atoms with Crippen LogP contribution in [0, 0.1) is 6.92 Å². The maximum atomic E-state index is 10.9. The monoisotopic (exact) mass is 216 g/mol. The number of hydrogen-bond acceptors (Lipinski definition) is 3. The topological polar surface area (TPSA) is 42.3 Å². The minimum Gasteiger partial charge on any atom is -0.296 e. The van der Waals surface area contributed by atoms with E-state index in [2.05, 4.69) is 23.5 Å². The Morgan fingerprint density at radius 3 is 2.94 bits per heavy atom. The lowest BCUT2D eigenvalue weighted by atomic mass is 10.1. The van der Waals surface area contributed by atoms with E-state index in [1.807, 2.05) is 25.3 Å². The van der Waals surface area contributed by atoms with Gasteiger partial charge in [0.25, 0.3) is 0 Å². The van der Waals surface area contributed by atoms with Crippen LogP contribution in [-0.4, -0.2) is 17.5 Å². The van der Waals surface area contributed by atoms with Crippen molar-refractivity contribution < 1.29 is 4.79 Å². The maximum absolute atomic E-state index is 10.9. The largest absolute Gasteiger partial charge is 0.296 e. The minimum absolute atomic E-state index is 0.402. The SMILES string of the molecule is C=C(N=CCCC)c1ccc(C)nc1C=O. The zero-order valence-electron chi connectivity index (χ0n) is 9.73. The third kappa shape index (κ3) is 3.12. The van der Waals surface area contributed by atoms with E-state index in [0.29, 0.717) is 17.0 Å². The molecule has 0 fully saturated rings. The molecule has 3 nitrogen and oxygen atoms in total. The first-order chi connectivity index (χ1) is 7.69. The number of unbranched alkanes of at least 4 members (excludes halogenated alkanes) is 1. The summed E-state index contributed by atoms with van der Waals surface area (Å²) in [6, 6.07) is 3.68. The maximum Gasteiger partial charge on any atom is 0.169 e. The smallest absolute Gasteiger partial charge is 0.169 e. The third-order valence-electron chi connectivity index (χ3n) is 2.15. The van der Waals surface area contributed by atoms with Crippen LogP contribution >= 0.6 is 0 Å². The lowest BCUT2D eigenvalue weighted by molar-refractivity contribution is 0.111. The molecule has 0 unspecified atom stereocenters. The fourth-order valence-corrected chi connectivity index (χ4v) is 1.28. The summed E-state index contributed by atoms with van der Waals surface area (Å²) in [6.07, 6.45) is 4.51. The van der Waals surface area contributed by atoms with Gasteiger partial charge in [-0.25, -0.2) is 4.98 Å². The number of aliphatic imine (C=N–C) groups is 1. The van der Waals surface area contributed by atoms with E-state index in [1.54, 1.807) is 0 Å². The summed E-state index contributed by atoms with van der Waals surface area (Å²) in [4.78, 5) is 19.2. The number of hydrogen-bond donors (Lipinski definition) is 0. The van der Waals surface area contributed by atoms with Crippen LogP contribution in [0.25, 0.3) is 5.70 Å². The molecule has 0 spiro atoms. The number of aromatic nitrogens is 1. The molecule has 0 aromatic carbocycles. The first-order valence-electron chi connectivity index (χ1n) is 5.33. The van der Waals surface area contributed by atoms with Gasteiger partial charge < -0.3 is 0 Å². The van der Waals surface area contributed by atoms with Crippen LogP contribution in [0.2, 0.25) is 0 Å². The Morgan fingerprint density at radius 2 is 2.31 bits per heavy atom. The molecular weight excluding hydrogens is 200 g/mol. The normalized spacial score (nSPS) is 10.6. The highest BCUT2D eigenvalue weighted by Crippen LogP contribution is 2.16. The molecule has 0 aliphatic rings. The van der Waals surface area contributed by atoms with Crippen molar-refractivity contribution >= 4 is 18.2 Å². The molecule has 0 N–H and O–H groups in total. The van der Waals surface area contributed by atoms with Crippen LogP contribution in [0.1, 0.15) is 41.5 Å². The molecular formula is C13H16N2O. The van der Waals surface area contributed by atoms with Gasteiger partial charge in [0, 0.05) is 17.5 Å². The lowest BCUT2D eigenvalue weighted by Gasteiger charge is -2.03. The van der Waals surface area contributed by atoms with E-state index in [0.717, 1.165) is 24.8 Å². The second-order valence-electron chi connectivity index (χ2n) is 3.55. The third-order valence-corrected chi connectivity index (χ3v) is 2.15.